The number of unbranched alkanes of at least 4 members (excludes halogenated alkanes) is 2. The topological polar surface area (TPSA) is 40.5 Å². The molecule has 2 N–H and O–H groups in total. The van der Waals surface area contributed by atoms with Crippen LogP contribution in [0, 0.1) is 5.92 Å². The van der Waals surface area contributed by atoms with E-state index in [4.69, 9.17) is 0 Å². The van der Waals surface area contributed by atoms with Crippen LogP contribution in [-0.2, 0) is 12.8 Å². The molecular formula is C15H24O2. The van der Waals surface area contributed by atoms with Gasteiger partial charge in [0.05, 0.1) is 0 Å². The molecule has 0 aromatic heterocycles. The van der Waals surface area contributed by atoms with E-state index in [-0.39, 0.29) is 0 Å². The normalized spacial score (nSPS) is 11.1. The van der Waals surface area contributed by atoms with Crippen molar-refractivity contribution in [2.75, 3.05) is 0 Å². The second kappa shape index (κ2) is 6.53. The standard InChI is InChI=1S/C15H24O2/c1-4-5-6-7-12-9-15(17)13(8-11(2)3)10-14(12)16/h9-11,16-17H,4-8H2,1-3H3. The molecule has 0 saturated carbocycles. The molecule has 0 fully saturated rings. The lowest BCUT2D eigenvalue weighted by molar-refractivity contribution is 0.443. The van der Waals surface area contributed by atoms with E-state index >= 15 is 0 Å². The van der Waals surface area contributed by atoms with E-state index in [0.29, 0.717) is 17.4 Å². The summed E-state index contributed by atoms with van der Waals surface area (Å²) in [5.74, 6) is 1.13. The Balaban J connectivity index is 2.78. The van der Waals surface area contributed by atoms with Gasteiger partial charge >= 0.3 is 0 Å². The largest absolute Gasteiger partial charge is 0.508 e. The molecule has 1 rings (SSSR count). The maximum Gasteiger partial charge on any atom is 0.119 e. The first-order valence-corrected chi connectivity index (χ1v) is 6.58. The fourth-order valence-electron chi connectivity index (χ4n) is 2.03. The second-order valence-electron chi connectivity index (χ2n) is 5.16. The molecular weight excluding hydrogens is 212 g/mol. The third-order valence-corrected chi connectivity index (χ3v) is 2.96. The van der Waals surface area contributed by atoms with Crippen LogP contribution in [0.4, 0.5) is 0 Å². The van der Waals surface area contributed by atoms with Crippen LogP contribution in [0.5, 0.6) is 11.5 Å². The van der Waals surface area contributed by atoms with E-state index in [9.17, 15) is 10.2 Å². The van der Waals surface area contributed by atoms with Crippen LogP contribution in [0.2, 0.25) is 0 Å². The summed E-state index contributed by atoms with van der Waals surface area (Å²) in [6.07, 6.45) is 5.03. The predicted octanol–water partition coefficient (Wildman–Crippen LogP) is 4.03. The van der Waals surface area contributed by atoms with Gasteiger partial charge in [0.2, 0.25) is 0 Å². The van der Waals surface area contributed by atoms with Crippen LogP contribution in [0.1, 0.15) is 51.2 Å². The minimum atomic E-state index is 0.322. The Morgan fingerprint density at radius 1 is 1.00 bits per heavy atom. The van der Waals surface area contributed by atoms with Crippen LogP contribution in [0.25, 0.3) is 0 Å². The second-order valence-corrected chi connectivity index (χ2v) is 5.16. The number of hydrogen-bond donors (Lipinski definition) is 2. The fraction of sp³-hybridized carbons (Fsp3) is 0.600. The van der Waals surface area contributed by atoms with E-state index in [2.05, 4.69) is 20.8 Å². The van der Waals surface area contributed by atoms with Crippen molar-refractivity contribution in [1.29, 1.82) is 0 Å². The Morgan fingerprint density at radius 2 is 1.59 bits per heavy atom. The van der Waals surface area contributed by atoms with E-state index in [1.54, 1.807) is 12.1 Å². The molecule has 0 aliphatic carbocycles. The summed E-state index contributed by atoms with van der Waals surface area (Å²) in [6, 6.07) is 3.44. The average Bonchev–Trinajstić information content (AvgIpc) is 2.24. The molecule has 0 atom stereocenters. The number of phenolic OH excluding ortho intramolecular Hbond substituents is 2. The molecule has 0 amide bonds. The Labute approximate surface area is 104 Å². The summed E-state index contributed by atoms with van der Waals surface area (Å²) < 4.78 is 0. The van der Waals surface area contributed by atoms with Crippen molar-refractivity contribution in [1.82, 2.24) is 0 Å². The molecule has 0 unspecified atom stereocenters. The molecule has 2 heteroatoms. The van der Waals surface area contributed by atoms with Crippen molar-refractivity contribution in [3.8, 4) is 11.5 Å². The third-order valence-electron chi connectivity index (χ3n) is 2.96. The molecule has 96 valence electrons. The predicted molar refractivity (Wildman–Crippen MR) is 71.5 cm³/mol. The summed E-state index contributed by atoms with van der Waals surface area (Å²) in [5.41, 5.74) is 1.71. The van der Waals surface area contributed by atoms with Crippen LogP contribution in [0.3, 0.4) is 0 Å². The van der Waals surface area contributed by atoms with Gasteiger partial charge in [-0.2, -0.15) is 0 Å². The zero-order valence-electron chi connectivity index (χ0n) is 11.2. The van der Waals surface area contributed by atoms with Crippen molar-refractivity contribution in [3.05, 3.63) is 23.3 Å². The number of hydrogen-bond acceptors (Lipinski definition) is 2. The molecule has 0 aliphatic heterocycles. The maximum absolute atomic E-state index is 9.92. The summed E-state index contributed by atoms with van der Waals surface area (Å²) >= 11 is 0. The van der Waals surface area contributed by atoms with Gasteiger partial charge in [0.1, 0.15) is 11.5 Å². The van der Waals surface area contributed by atoms with Gasteiger partial charge in [-0.15, -0.1) is 0 Å². The summed E-state index contributed by atoms with van der Waals surface area (Å²) in [6.45, 7) is 6.36. The van der Waals surface area contributed by atoms with Gasteiger partial charge in [-0.05, 0) is 48.4 Å². The Morgan fingerprint density at radius 3 is 2.18 bits per heavy atom. The maximum atomic E-state index is 9.92. The Bertz CT molecular complexity index is 356. The highest BCUT2D eigenvalue weighted by atomic mass is 16.3. The first kappa shape index (κ1) is 13.9. The molecule has 0 bridgehead atoms. The van der Waals surface area contributed by atoms with Crippen LogP contribution in [0.15, 0.2) is 12.1 Å². The summed E-state index contributed by atoms with van der Waals surface area (Å²) in [7, 11) is 0. The number of aromatic hydroxyl groups is 2. The number of phenols is 2. The third kappa shape index (κ3) is 4.29. The van der Waals surface area contributed by atoms with Gasteiger partial charge in [-0.3, -0.25) is 0 Å². The van der Waals surface area contributed by atoms with Gasteiger partial charge in [-0.1, -0.05) is 33.6 Å². The highest BCUT2D eigenvalue weighted by Crippen LogP contribution is 2.30. The van der Waals surface area contributed by atoms with Crippen LogP contribution < -0.4 is 0 Å². The molecule has 0 heterocycles. The molecule has 0 radical (unpaired) electrons. The highest BCUT2D eigenvalue weighted by Gasteiger charge is 2.09. The van der Waals surface area contributed by atoms with Gasteiger partial charge in [0, 0.05) is 0 Å². The Kier molecular flexibility index (Phi) is 5.33. The fourth-order valence-corrected chi connectivity index (χ4v) is 2.03. The summed E-state index contributed by atoms with van der Waals surface area (Å²) in [5, 5.41) is 19.8. The Hall–Kier alpha value is -1.18. The first-order chi connectivity index (χ1) is 8.04. The zero-order valence-corrected chi connectivity index (χ0v) is 11.2. The lowest BCUT2D eigenvalue weighted by atomic mass is 9.98. The molecule has 0 saturated heterocycles. The summed E-state index contributed by atoms with van der Waals surface area (Å²) in [4.78, 5) is 0. The minimum Gasteiger partial charge on any atom is -0.508 e. The van der Waals surface area contributed by atoms with Crippen LogP contribution in [-0.4, -0.2) is 10.2 Å². The van der Waals surface area contributed by atoms with Gasteiger partial charge in [0.25, 0.3) is 0 Å². The monoisotopic (exact) mass is 236 g/mol. The van der Waals surface area contributed by atoms with E-state index in [1.165, 1.54) is 0 Å². The van der Waals surface area contributed by atoms with Crippen molar-refractivity contribution >= 4 is 0 Å². The lowest BCUT2D eigenvalue weighted by Gasteiger charge is -2.11. The molecule has 0 spiro atoms. The number of rotatable bonds is 6. The zero-order chi connectivity index (χ0) is 12.8. The first-order valence-electron chi connectivity index (χ1n) is 6.58. The SMILES string of the molecule is CCCCCc1cc(O)c(CC(C)C)cc1O. The molecule has 1 aromatic carbocycles. The van der Waals surface area contributed by atoms with Crippen molar-refractivity contribution < 1.29 is 10.2 Å². The molecule has 17 heavy (non-hydrogen) atoms. The molecule has 0 aliphatic rings. The van der Waals surface area contributed by atoms with E-state index in [0.717, 1.165) is 43.2 Å². The minimum absolute atomic E-state index is 0.322. The van der Waals surface area contributed by atoms with Crippen molar-refractivity contribution in [2.24, 2.45) is 5.92 Å². The molecule has 2 nitrogen and oxygen atoms in total. The van der Waals surface area contributed by atoms with E-state index in [1.807, 2.05) is 0 Å². The quantitative estimate of drug-likeness (QED) is 0.578. The number of aryl methyl sites for hydroxylation is 1. The van der Waals surface area contributed by atoms with Crippen molar-refractivity contribution in [2.45, 2.75) is 52.9 Å². The molecule has 1 aromatic rings. The lowest BCUT2D eigenvalue weighted by Crippen LogP contribution is -1.96. The average molecular weight is 236 g/mol. The van der Waals surface area contributed by atoms with Gasteiger partial charge < -0.3 is 10.2 Å². The highest BCUT2D eigenvalue weighted by molar-refractivity contribution is 5.45. The van der Waals surface area contributed by atoms with Crippen molar-refractivity contribution in [3.63, 3.8) is 0 Å². The van der Waals surface area contributed by atoms with Crippen LogP contribution >= 0.6 is 0 Å². The smallest absolute Gasteiger partial charge is 0.119 e. The van der Waals surface area contributed by atoms with Gasteiger partial charge in [0.15, 0.2) is 0 Å². The van der Waals surface area contributed by atoms with E-state index < -0.39 is 0 Å². The van der Waals surface area contributed by atoms with Gasteiger partial charge in [-0.25, -0.2) is 0 Å². The number of benzene rings is 1.